The van der Waals surface area contributed by atoms with Gasteiger partial charge in [-0.2, -0.15) is 0 Å². The predicted molar refractivity (Wildman–Crippen MR) is 29.0 cm³/mol. The summed E-state index contributed by atoms with van der Waals surface area (Å²) < 4.78 is 0. The molecule has 2 aliphatic rings. The summed E-state index contributed by atoms with van der Waals surface area (Å²) in [5.74, 6) is 0. The van der Waals surface area contributed by atoms with E-state index < -0.39 is 0 Å². The summed E-state index contributed by atoms with van der Waals surface area (Å²) in [6, 6.07) is 0. The van der Waals surface area contributed by atoms with Crippen molar-refractivity contribution in [2.75, 3.05) is 0 Å². The number of alkyl halides is 1. The summed E-state index contributed by atoms with van der Waals surface area (Å²) in [7, 11) is 0. The molecular weight excluding hydrogens is 140 g/mol. The number of hydrogen-bond acceptors (Lipinski definition) is 0. The second kappa shape index (κ2) is 0.706. The number of hydrogen-bond donors (Lipinski definition) is 0. The van der Waals surface area contributed by atoms with Gasteiger partial charge in [-0.25, -0.2) is 0 Å². The highest BCUT2D eigenvalue weighted by Gasteiger charge is 2.61. The molecule has 2 fully saturated rings. The Balaban J connectivity index is 2.17. The maximum absolute atomic E-state index is 3.57. The van der Waals surface area contributed by atoms with Crippen LogP contribution < -0.4 is 0 Å². The summed E-state index contributed by atoms with van der Waals surface area (Å²) in [6.45, 7) is 0. The van der Waals surface area contributed by atoms with Crippen molar-refractivity contribution in [3.63, 3.8) is 0 Å². The van der Waals surface area contributed by atoms with Crippen molar-refractivity contribution in [2.24, 2.45) is 5.41 Å². The van der Waals surface area contributed by atoms with Crippen molar-refractivity contribution in [1.29, 1.82) is 0 Å². The van der Waals surface area contributed by atoms with E-state index in [2.05, 4.69) is 15.9 Å². The zero-order valence-corrected chi connectivity index (χ0v) is 5.16. The summed E-state index contributed by atoms with van der Waals surface area (Å²) >= 11 is 3.57. The fourth-order valence-corrected chi connectivity index (χ4v) is 2.08. The molecule has 0 aliphatic heterocycles. The molecule has 2 saturated carbocycles. The van der Waals surface area contributed by atoms with Crippen molar-refractivity contribution < 1.29 is 0 Å². The lowest BCUT2D eigenvalue weighted by Crippen LogP contribution is -1.66. The molecule has 0 aromatic heterocycles. The topological polar surface area (TPSA) is 0 Å². The largest absolute Gasteiger partial charge is 0.0884 e. The molecule has 34 valence electrons. The molecule has 1 spiro atoms. The first-order chi connectivity index (χ1) is 2.83. The molecule has 1 heteroatoms. The molecule has 0 radical (unpaired) electrons. The lowest BCUT2D eigenvalue weighted by Gasteiger charge is -1.69. The molecule has 0 amide bonds. The Hall–Kier alpha value is 0.480. The van der Waals surface area contributed by atoms with E-state index in [1.807, 2.05) is 0 Å². The standard InChI is InChI=1S/C5H7Br/c6-4-3-5(4)1-2-5/h4H,1-3H2/t4-/m1/s1. The van der Waals surface area contributed by atoms with E-state index in [1.165, 1.54) is 19.3 Å². The third kappa shape index (κ3) is 0.259. The van der Waals surface area contributed by atoms with Crippen LogP contribution in [0.15, 0.2) is 0 Å². The fraction of sp³-hybridized carbons (Fsp3) is 1.00. The molecule has 0 bridgehead atoms. The molecule has 0 unspecified atom stereocenters. The van der Waals surface area contributed by atoms with Crippen molar-refractivity contribution in [2.45, 2.75) is 24.1 Å². The van der Waals surface area contributed by atoms with Crippen LogP contribution in [-0.4, -0.2) is 4.83 Å². The highest BCUT2D eigenvalue weighted by molar-refractivity contribution is 9.09. The summed E-state index contributed by atoms with van der Waals surface area (Å²) in [4.78, 5) is 0.921. The van der Waals surface area contributed by atoms with E-state index in [1.54, 1.807) is 0 Å². The minimum atomic E-state index is 0.875. The highest BCUT2D eigenvalue weighted by Crippen LogP contribution is 2.69. The van der Waals surface area contributed by atoms with Crippen LogP contribution in [0.3, 0.4) is 0 Å². The Labute approximate surface area is 46.1 Å². The number of rotatable bonds is 0. The molecule has 6 heavy (non-hydrogen) atoms. The lowest BCUT2D eigenvalue weighted by atomic mass is 10.4. The number of halogens is 1. The van der Waals surface area contributed by atoms with E-state index >= 15 is 0 Å². The van der Waals surface area contributed by atoms with Crippen LogP contribution in [0.5, 0.6) is 0 Å². The first-order valence-electron chi connectivity index (χ1n) is 2.48. The average Bonchev–Trinajstić information content (AvgIpc) is 2.25. The minimum Gasteiger partial charge on any atom is -0.0884 e. The van der Waals surface area contributed by atoms with Gasteiger partial charge in [0, 0.05) is 4.83 Å². The molecular formula is C5H7Br. The van der Waals surface area contributed by atoms with E-state index in [0.717, 1.165) is 10.2 Å². The van der Waals surface area contributed by atoms with Crippen molar-refractivity contribution in [1.82, 2.24) is 0 Å². The Bertz CT molecular complexity index is 83.9. The van der Waals surface area contributed by atoms with Crippen LogP contribution in [0.2, 0.25) is 0 Å². The molecule has 0 aromatic carbocycles. The third-order valence-corrected chi connectivity index (χ3v) is 3.28. The SMILES string of the molecule is Br[C@@H]1CC12CC2. The van der Waals surface area contributed by atoms with Crippen LogP contribution in [0.4, 0.5) is 0 Å². The molecule has 0 nitrogen and oxygen atoms in total. The van der Waals surface area contributed by atoms with Crippen molar-refractivity contribution in [3.05, 3.63) is 0 Å². The van der Waals surface area contributed by atoms with Gasteiger partial charge in [-0.05, 0) is 24.7 Å². The monoisotopic (exact) mass is 146 g/mol. The van der Waals surface area contributed by atoms with Gasteiger partial charge in [0.15, 0.2) is 0 Å². The summed E-state index contributed by atoms with van der Waals surface area (Å²) in [5.41, 5.74) is 0.875. The van der Waals surface area contributed by atoms with Gasteiger partial charge >= 0.3 is 0 Å². The Morgan fingerprint density at radius 1 is 1.50 bits per heavy atom. The summed E-state index contributed by atoms with van der Waals surface area (Å²) in [6.07, 6.45) is 4.47. The maximum Gasteiger partial charge on any atom is 0.0208 e. The van der Waals surface area contributed by atoms with Crippen LogP contribution in [0.1, 0.15) is 19.3 Å². The second-order valence-corrected chi connectivity index (χ2v) is 3.64. The smallest absolute Gasteiger partial charge is 0.0208 e. The van der Waals surface area contributed by atoms with Gasteiger partial charge < -0.3 is 0 Å². The third-order valence-electron chi connectivity index (χ3n) is 1.98. The zero-order chi connectivity index (χ0) is 4.20. The predicted octanol–water partition coefficient (Wildman–Crippen LogP) is 1.93. The van der Waals surface area contributed by atoms with E-state index in [-0.39, 0.29) is 0 Å². The zero-order valence-electron chi connectivity index (χ0n) is 3.58. The molecule has 0 saturated heterocycles. The molecule has 2 rings (SSSR count). The Morgan fingerprint density at radius 2 is 2.00 bits per heavy atom. The van der Waals surface area contributed by atoms with Crippen molar-refractivity contribution in [3.8, 4) is 0 Å². The quantitative estimate of drug-likeness (QED) is 0.459. The second-order valence-electron chi connectivity index (χ2n) is 2.53. The Morgan fingerprint density at radius 3 is 2.00 bits per heavy atom. The van der Waals surface area contributed by atoms with Crippen LogP contribution in [0.25, 0.3) is 0 Å². The van der Waals surface area contributed by atoms with Crippen molar-refractivity contribution >= 4 is 15.9 Å². The van der Waals surface area contributed by atoms with E-state index in [9.17, 15) is 0 Å². The van der Waals surface area contributed by atoms with Gasteiger partial charge in [0.25, 0.3) is 0 Å². The van der Waals surface area contributed by atoms with E-state index in [4.69, 9.17) is 0 Å². The van der Waals surface area contributed by atoms with Gasteiger partial charge in [0.2, 0.25) is 0 Å². The van der Waals surface area contributed by atoms with Gasteiger partial charge in [-0.15, -0.1) is 0 Å². The molecule has 0 heterocycles. The molecule has 1 atom stereocenters. The van der Waals surface area contributed by atoms with Crippen LogP contribution in [-0.2, 0) is 0 Å². The summed E-state index contributed by atoms with van der Waals surface area (Å²) in [5, 5.41) is 0. The maximum atomic E-state index is 3.57. The van der Waals surface area contributed by atoms with Gasteiger partial charge in [0.05, 0.1) is 0 Å². The minimum absolute atomic E-state index is 0.875. The van der Waals surface area contributed by atoms with Gasteiger partial charge in [-0.3, -0.25) is 0 Å². The first kappa shape index (κ1) is 3.48. The van der Waals surface area contributed by atoms with Gasteiger partial charge in [0.1, 0.15) is 0 Å². The first-order valence-corrected chi connectivity index (χ1v) is 3.39. The Kier molecular flexibility index (Phi) is 0.409. The van der Waals surface area contributed by atoms with Gasteiger partial charge in [-0.1, -0.05) is 15.9 Å². The lowest BCUT2D eigenvalue weighted by molar-refractivity contribution is 0.907. The molecule has 2 aliphatic carbocycles. The average molecular weight is 147 g/mol. The fourth-order valence-electron chi connectivity index (χ4n) is 0.976. The van der Waals surface area contributed by atoms with Crippen LogP contribution >= 0.6 is 15.9 Å². The highest BCUT2D eigenvalue weighted by atomic mass is 79.9. The van der Waals surface area contributed by atoms with E-state index in [0.29, 0.717) is 0 Å². The molecule has 0 aromatic rings. The molecule has 0 N–H and O–H groups in total. The van der Waals surface area contributed by atoms with Crippen LogP contribution in [0, 0.1) is 5.41 Å². The normalized spacial score (nSPS) is 46.5.